The predicted octanol–water partition coefficient (Wildman–Crippen LogP) is 8.05. The third-order valence-electron chi connectivity index (χ3n) is 6.73. The largest absolute Gasteiger partial charge is 0.331 e. The molecule has 0 saturated heterocycles. The molecule has 1 aliphatic heterocycles. The van der Waals surface area contributed by atoms with E-state index in [2.05, 4.69) is 10.3 Å². The van der Waals surface area contributed by atoms with Crippen LogP contribution in [0, 0.1) is 0 Å². The van der Waals surface area contributed by atoms with Gasteiger partial charge in [0.1, 0.15) is 0 Å². The number of hydrazone groups is 1. The van der Waals surface area contributed by atoms with Crippen LogP contribution in [-0.2, 0) is 0 Å². The van der Waals surface area contributed by atoms with E-state index in [-0.39, 0.29) is 11.6 Å². The van der Waals surface area contributed by atoms with Gasteiger partial charge in [0.2, 0.25) is 0 Å². The number of para-hydroxylation sites is 1. The fourth-order valence-corrected chi connectivity index (χ4v) is 5.52. The summed E-state index contributed by atoms with van der Waals surface area (Å²) < 4.78 is 0. The van der Waals surface area contributed by atoms with Crippen molar-refractivity contribution >= 4 is 62.8 Å². The molecule has 8 heteroatoms. The fourth-order valence-electron chi connectivity index (χ4n) is 4.94. The van der Waals surface area contributed by atoms with Gasteiger partial charge in [-0.1, -0.05) is 83.9 Å². The maximum absolute atomic E-state index is 13.7. The Bertz CT molecular complexity index is 1770. The fraction of sp³-hybridized carbons (Fsp3) is 0.0645. The van der Waals surface area contributed by atoms with Crippen molar-refractivity contribution in [2.75, 3.05) is 5.32 Å². The maximum atomic E-state index is 13.7. The Labute approximate surface area is 240 Å². The van der Waals surface area contributed by atoms with Crippen molar-refractivity contribution in [1.82, 2.24) is 9.99 Å². The Balaban J connectivity index is 1.52. The molecule has 0 amide bonds. The van der Waals surface area contributed by atoms with E-state index in [1.54, 1.807) is 11.1 Å². The van der Waals surface area contributed by atoms with E-state index in [0.717, 1.165) is 27.8 Å². The first kappa shape index (κ1) is 25.3. The summed E-state index contributed by atoms with van der Waals surface area (Å²) in [5.41, 5.74) is 5.14. The molecule has 6 rings (SSSR count). The molecule has 0 fully saturated rings. The van der Waals surface area contributed by atoms with Crippen LogP contribution in [0.2, 0.25) is 10.0 Å². The van der Waals surface area contributed by atoms with Gasteiger partial charge < -0.3 is 10.3 Å². The number of nitrogens with one attached hydrogen (secondary N) is 2. The molecule has 5 aromatic rings. The highest BCUT2D eigenvalue weighted by atomic mass is 35.5. The molecule has 2 N–H and O–H groups in total. The number of fused-ring (bicyclic) bond motifs is 1. The second-order valence-electron chi connectivity index (χ2n) is 9.22. The lowest BCUT2D eigenvalue weighted by Gasteiger charge is -2.25. The highest BCUT2D eigenvalue weighted by Gasteiger charge is 2.34. The first-order chi connectivity index (χ1) is 19.0. The Kier molecular flexibility index (Phi) is 6.92. The zero-order chi connectivity index (χ0) is 26.9. The van der Waals surface area contributed by atoms with Crippen LogP contribution >= 0.6 is 35.4 Å². The van der Waals surface area contributed by atoms with Gasteiger partial charge in [0.15, 0.2) is 5.11 Å². The van der Waals surface area contributed by atoms with Crippen LogP contribution in [0.1, 0.15) is 23.6 Å². The standard InChI is InChI=1S/C31H22Cl2N4OS/c32-21-13-11-19(12-14-21)27-18-26(36-37(27)31(39)34-23-9-5-2-6-10-23)29-28(20-7-3-1-4-8-20)24-17-22(33)15-16-25(24)35-30(29)38/h1-17,27H,18H2,(H,34,39)(H,35,38)/t27-/m1/s1. The van der Waals surface area contributed by atoms with Gasteiger partial charge in [-0.15, -0.1) is 0 Å². The average molecular weight is 570 g/mol. The number of rotatable bonds is 4. The van der Waals surface area contributed by atoms with Gasteiger partial charge in [-0.25, -0.2) is 5.01 Å². The Morgan fingerprint density at radius 2 is 1.54 bits per heavy atom. The van der Waals surface area contributed by atoms with E-state index in [1.165, 1.54) is 0 Å². The van der Waals surface area contributed by atoms with Crippen molar-refractivity contribution in [3.63, 3.8) is 0 Å². The smallest absolute Gasteiger partial charge is 0.258 e. The number of pyridine rings is 1. The van der Waals surface area contributed by atoms with Crippen molar-refractivity contribution in [3.8, 4) is 11.1 Å². The van der Waals surface area contributed by atoms with Gasteiger partial charge in [0.25, 0.3) is 5.56 Å². The van der Waals surface area contributed by atoms with Crippen LogP contribution in [0.3, 0.4) is 0 Å². The van der Waals surface area contributed by atoms with Gasteiger partial charge in [0, 0.05) is 38.6 Å². The third-order valence-corrected chi connectivity index (χ3v) is 7.50. The van der Waals surface area contributed by atoms with Crippen LogP contribution < -0.4 is 10.9 Å². The molecular formula is C31H22Cl2N4OS. The average Bonchev–Trinajstić information content (AvgIpc) is 3.39. The molecule has 0 aliphatic carbocycles. The summed E-state index contributed by atoms with van der Waals surface area (Å²) in [6, 6.07) is 32.4. The van der Waals surface area contributed by atoms with E-state index in [9.17, 15) is 4.79 Å². The van der Waals surface area contributed by atoms with Crippen molar-refractivity contribution in [3.05, 3.63) is 135 Å². The van der Waals surface area contributed by atoms with Crippen LogP contribution in [0.5, 0.6) is 0 Å². The van der Waals surface area contributed by atoms with Crippen molar-refractivity contribution in [2.45, 2.75) is 12.5 Å². The van der Waals surface area contributed by atoms with Crippen molar-refractivity contribution < 1.29 is 0 Å². The third kappa shape index (κ3) is 5.06. The summed E-state index contributed by atoms with van der Waals surface area (Å²) in [6.45, 7) is 0. The van der Waals surface area contributed by atoms with E-state index in [0.29, 0.717) is 38.4 Å². The van der Waals surface area contributed by atoms with Gasteiger partial charge in [-0.2, -0.15) is 5.10 Å². The SMILES string of the molecule is O=c1[nH]c2ccc(Cl)cc2c(-c2ccccc2)c1C1=NN(C(=S)Nc2ccccc2)[C@@H](c2ccc(Cl)cc2)C1. The minimum Gasteiger partial charge on any atom is -0.331 e. The molecule has 0 unspecified atom stereocenters. The van der Waals surface area contributed by atoms with Crippen LogP contribution in [0.4, 0.5) is 5.69 Å². The van der Waals surface area contributed by atoms with E-state index < -0.39 is 0 Å². The molecule has 1 aliphatic rings. The lowest BCUT2D eigenvalue weighted by atomic mass is 9.91. The molecule has 4 aromatic carbocycles. The lowest BCUT2D eigenvalue weighted by molar-refractivity contribution is 0.375. The number of halogens is 2. The molecule has 5 nitrogen and oxygen atoms in total. The van der Waals surface area contributed by atoms with E-state index in [4.69, 9.17) is 40.5 Å². The summed E-state index contributed by atoms with van der Waals surface area (Å²) >= 11 is 18.4. The van der Waals surface area contributed by atoms with E-state index >= 15 is 0 Å². The number of H-pyrrole nitrogens is 1. The summed E-state index contributed by atoms with van der Waals surface area (Å²) in [5.74, 6) is 0. The minimum atomic E-state index is -0.237. The summed E-state index contributed by atoms with van der Waals surface area (Å²) in [5, 5.41) is 12.5. The second kappa shape index (κ2) is 10.7. The zero-order valence-electron chi connectivity index (χ0n) is 20.6. The van der Waals surface area contributed by atoms with Crippen molar-refractivity contribution in [1.29, 1.82) is 0 Å². The molecule has 39 heavy (non-hydrogen) atoms. The molecule has 2 heterocycles. The first-order valence-electron chi connectivity index (χ1n) is 12.4. The molecule has 1 aromatic heterocycles. The summed E-state index contributed by atoms with van der Waals surface area (Å²) in [4.78, 5) is 16.7. The van der Waals surface area contributed by atoms with Crippen LogP contribution in [0.15, 0.2) is 113 Å². The number of anilines is 1. The number of hydrogen-bond donors (Lipinski definition) is 2. The quantitative estimate of drug-likeness (QED) is 0.215. The van der Waals surface area contributed by atoms with Crippen molar-refractivity contribution in [2.24, 2.45) is 5.10 Å². The number of aromatic nitrogens is 1. The highest BCUT2D eigenvalue weighted by Crippen LogP contribution is 2.38. The highest BCUT2D eigenvalue weighted by molar-refractivity contribution is 7.80. The second-order valence-corrected chi connectivity index (χ2v) is 10.5. The minimum absolute atomic E-state index is 0.221. The Hall–Kier alpha value is -3.97. The maximum Gasteiger partial charge on any atom is 0.258 e. The molecular weight excluding hydrogens is 547 g/mol. The topological polar surface area (TPSA) is 60.5 Å². The Morgan fingerprint density at radius 1 is 0.872 bits per heavy atom. The summed E-state index contributed by atoms with van der Waals surface area (Å²) in [7, 11) is 0. The number of nitrogens with zero attached hydrogens (tertiary/aromatic N) is 2. The van der Waals surface area contributed by atoms with Gasteiger partial charge in [-0.3, -0.25) is 4.79 Å². The van der Waals surface area contributed by atoms with Gasteiger partial charge >= 0.3 is 0 Å². The van der Waals surface area contributed by atoms with E-state index in [1.807, 2.05) is 97.1 Å². The predicted molar refractivity (Wildman–Crippen MR) is 165 cm³/mol. The molecule has 1 atom stereocenters. The van der Waals surface area contributed by atoms with Crippen LogP contribution in [0.25, 0.3) is 22.0 Å². The number of aromatic amines is 1. The zero-order valence-corrected chi connectivity index (χ0v) is 22.9. The Morgan fingerprint density at radius 3 is 2.26 bits per heavy atom. The number of thiocarbonyl (C=S) groups is 1. The lowest BCUT2D eigenvalue weighted by Crippen LogP contribution is -2.31. The molecule has 192 valence electrons. The molecule has 0 spiro atoms. The summed E-state index contributed by atoms with van der Waals surface area (Å²) in [6.07, 6.45) is 0.466. The number of hydrogen-bond acceptors (Lipinski definition) is 3. The van der Waals surface area contributed by atoms with Gasteiger partial charge in [0.05, 0.1) is 17.3 Å². The normalized spacial score (nSPS) is 14.9. The molecule has 0 saturated carbocycles. The van der Waals surface area contributed by atoms with Gasteiger partial charge in [-0.05, 0) is 65.8 Å². The first-order valence-corrected chi connectivity index (χ1v) is 13.5. The molecule has 0 bridgehead atoms. The number of benzene rings is 4. The molecule has 0 radical (unpaired) electrons. The van der Waals surface area contributed by atoms with Crippen LogP contribution in [-0.4, -0.2) is 20.8 Å². The monoisotopic (exact) mass is 568 g/mol.